The van der Waals surface area contributed by atoms with Gasteiger partial charge in [0.2, 0.25) is 0 Å². The molecule has 0 aromatic rings. The van der Waals surface area contributed by atoms with Crippen molar-refractivity contribution in [3.8, 4) is 0 Å². The summed E-state index contributed by atoms with van der Waals surface area (Å²) < 4.78 is 10.4. The van der Waals surface area contributed by atoms with Crippen LogP contribution >= 0.6 is 0 Å². The van der Waals surface area contributed by atoms with E-state index in [9.17, 15) is 14.4 Å². The molecule has 0 aromatic heterocycles. The zero-order chi connectivity index (χ0) is 21.3. The topological polar surface area (TPSA) is 69.7 Å². The fourth-order valence-corrected chi connectivity index (χ4v) is 5.74. The van der Waals surface area contributed by atoms with Crippen LogP contribution in [0, 0.1) is 22.7 Å². The highest BCUT2D eigenvalue weighted by Gasteiger charge is 2.58. The van der Waals surface area contributed by atoms with Gasteiger partial charge in [-0.2, -0.15) is 0 Å². The maximum absolute atomic E-state index is 13.2. The molecule has 0 unspecified atom stereocenters. The summed E-state index contributed by atoms with van der Waals surface area (Å²) >= 11 is 0. The van der Waals surface area contributed by atoms with Gasteiger partial charge in [-0.25, -0.2) is 0 Å². The number of carbonyl (C=O) groups excluding carboxylic acids is 3. The zero-order valence-corrected chi connectivity index (χ0v) is 18.5. The van der Waals surface area contributed by atoms with Gasteiger partial charge in [-0.15, -0.1) is 0 Å². The van der Waals surface area contributed by atoms with Crippen LogP contribution in [0.4, 0.5) is 0 Å². The van der Waals surface area contributed by atoms with Crippen LogP contribution in [0.3, 0.4) is 0 Å². The molecule has 0 bridgehead atoms. The van der Waals surface area contributed by atoms with Gasteiger partial charge in [-0.1, -0.05) is 39.7 Å². The van der Waals surface area contributed by atoms with Gasteiger partial charge in [0.1, 0.15) is 0 Å². The van der Waals surface area contributed by atoms with Gasteiger partial charge in [-0.3, -0.25) is 14.4 Å². The molecule has 1 fully saturated rings. The molecule has 0 aliphatic heterocycles. The molecule has 0 amide bonds. The molecular formula is C23H36O5. The number of esters is 2. The highest BCUT2D eigenvalue weighted by Crippen LogP contribution is 2.60. The average Bonchev–Trinajstić information content (AvgIpc) is 2.57. The minimum Gasteiger partial charge on any atom is -0.469 e. The molecule has 4 atom stereocenters. The van der Waals surface area contributed by atoms with Crippen molar-refractivity contribution in [2.24, 2.45) is 22.7 Å². The molecule has 0 heterocycles. The van der Waals surface area contributed by atoms with Crippen molar-refractivity contribution >= 4 is 17.7 Å². The first kappa shape index (κ1) is 22.6. The predicted molar refractivity (Wildman–Crippen MR) is 108 cm³/mol. The Labute approximate surface area is 169 Å². The number of ketones is 1. The Kier molecular flexibility index (Phi) is 6.78. The van der Waals surface area contributed by atoms with Crippen LogP contribution in [0.15, 0.2) is 11.1 Å². The Morgan fingerprint density at radius 2 is 1.86 bits per heavy atom. The third-order valence-corrected chi connectivity index (χ3v) is 7.04. The number of methoxy groups -OCH3 is 1. The van der Waals surface area contributed by atoms with Gasteiger partial charge in [0.15, 0.2) is 11.9 Å². The first-order chi connectivity index (χ1) is 12.9. The minimum atomic E-state index is -0.700. The average molecular weight is 393 g/mol. The van der Waals surface area contributed by atoms with E-state index >= 15 is 0 Å². The van der Waals surface area contributed by atoms with Crippen LogP contribution in [0.5, 0.6) is 0 Å². The van der Waals surface area contributed by atoms with Crippen molar-refractivity contribution in [1.29, 1.82) is 0 Å². The molecule has 0 saturated heterocycles. The van der Waals surface area contributed by atoms with Crippen LogP contribution in [-0.4, -0.2) is 30.9 Å². The Balaban J connectivity index is 2.38. The van der Waals surface area contributed by atoms with Gasteiger partial charge in [0, 0.05) is 19.3 Å². The Bertz CT molecular complexity index is 674. The SMILES string of the molecule is COC(=O)C[C@H](C)CCC1=C(C)C(=O)[C@@H](OC(C)=O)[C@@H]2C(C)(C)CCC[C@]12C. The fourth-order valence-electron chi connectivity index (χ4n) is 5.74. The van der Waals surface area contributed by atoms with Crippen molar-refractivity contribution in [2.75, 3.05) is 7.11 Å². The van der Waals surface area contributed by atoms with Crippen LogP contribution < -0.4 is 0 Å². The van der Waals surface area contributed by atoms with Gasteiger partial charge >= 0.3 is 11.9 Å². The number of carbonyl (C=O) groups is 3. The minimum absolute atomic E-state index is 0.0280. The van der Waals surface area contributed by atoms with Crippen molar-refractivity contribution in [2.45, 2.75) is 86.2 Å². The molecule has 5 heteroatoms. The summed E-state index contributed by atoms with van der Waals surface area (Å²) in [4.78, 5) is 36.5. The number of Topliss-reactive ketones (excluding diaryl/α,β-unsaturated/α-hetero) is 1. The monoisotopic (exact) mass is 392 g/mol. The molecule has 2 rings (SSSR count). The standard InChI is InChI=1S/C23H36O5/c1-14(13-18(25)27-7)9-10-17-15(2)19(26)20(28-16(3)24)21-22(4,5)11-8-12-23(17,21)6/h14,20-21H,8-13H2,1-7H3/t14-,20-,21-,23-/m1/s1. The Morgan fingerprint density at radius 3 is 2.43 bits per heavy atom. The molecule has 0 N–H and O–H groups in total. The first-order valence-corrected chi connectivity index (χ1v) is 10.4. The van der Waals surface area contributed by atoms with Crippen LogP contribution in [0.2, 0.25) is 0 Å². The Morgan fingerprint density at radius 1 is 1.21 bits per heavy atom. The van der Waals surface area contributed by atoms with Crippen LogP contribution in [0.25, 0.3) is 0 Å². The molecule has 0 spiro atoms. The molecule has 1 saturated carbocycles. The molecule has 0 aromatic carbocycles. The summed E-state index contributed by atoms with van der Waals surface area (Å²) in [6, 6.07) is 0. The summed E-state index contributed by atoms with van der Waals surface area (Å²) in [5.74, 6) is -0.489. The second-order valence-electron chi connectivity index (χ2n) is 9.66. The normalized spacial score (nSPS) is 30.5. The van der Waals surface area contributed by atoms with E-state index < -0.39 is 12.1 Å². The molecule has 2 aliphatic carbocycles. The summed E-state index contributed by atoms with van der Waals surface area (Å²) in [7, 11) is 1.41. The summed E-state index contributed by atoms with van der Waals surface area (Å²) in [6.07, 6.45) is 4.40. The zero-order valence-electron chi connectivity index (χ0n) is 18.5. The van der Waals surface area contributed by atoms with E-state index in [0.29, 0.717) is 6.42 Å². The lowest BCUT2D eigenvalue weighted by Gasteiger charge is -2.56. The highest BCUT2D eigenvalue weighted by atomic mass is 16.5. The number of rotatable bonds is 6. The van der Waals surface area contributed by atoms with E-state index in [1.807, 2.05) is 13.8 Å². The Hall–Kier alpha value is -1.65. The van der Waals surface area contributed by atoms with Crippen molar-refractivity contribution in [3.63, 3.8) is 0 Å². The molecule has 5 nitrogen and oxygen atoms in total. The number of fused-ring (bicyclic) bond motifs is 1. The molecular weight excluding hydrogens is 356 g/mol. The highest BCUT2D eigenvalue weighted by molar-refractivity contribution is 6.01. The maximum atomic E-state index is 13.2. The van der Waals surface area contributed by atoms with Crippen LogP contribution in [0.1, 0.15) is 80.1 Å². The lowest BCUT2D eigenvalue weighted by Crippen LogP contribution is -2.56. The van der Waals surface area contributed by atoms with E-state index in [-0.39, 0.29) is 34.4 Å². The van der Waals surface area contributed by atoms with Crippen molar-refractivity contribution in [3.05, 3.63) is 11.1 Å². The molecule has 28 heavy (non-hydrogen) atoms. The second kappa shape index (κ2) is 8.38. The van der Waals surface area contributed by atoms with E-state index in [2.05, 4.69) is 20.8 Å². The number of ether oxygens (including phenoxy) is 2. The molecule has 0 radical (unpaired) electrons. The van der Waals surface area contributed by atoms with E-state index in [1.54, 1.807) is 0 Å². The second-order valence-corrected chi connectivity index (χ2v) is 9.66. The van der Waals surface area contributed by atoms with Crippen molar-refractivity contribution in [1.82, 2.24) is 0 Å². The third kappa shape index (κ3) is 4.33. The van der Waals surface area contributed by atoms with Crippen molar-refractivity contribution < 1.29 is 23.9 Å². The van der Waals surface area contributed by atoms with Crippen LogP contribution in [-0.2, 0) is 23.9 Å². The third-order valence-electron chi connectivity index (χ3n) is 7.04. The lowest BCUT2D eigenvalue weighted by atomic mass is 9.48. The maximum Gasteiger partial charge on any atom is 0.305 e. The smallest absolute Gasteiger partial charge is 0.305 e. The van der Waals surface area contributed by atoms with Gasteiger partial charge < -0.3 is 9.47 Å². The number of allylic oxidation sites excluding steroid dienone is 1. The van der Waals surface area contributed by atoms with Gasteiger partial charge in [-0.05, 0) is 54.9 Å². The largest absolute Gasteiger partial charge is 0.469 e. The molecule has 2 aliphatic rings. The first-order valence-electron chi connectivity index (χ1n) is 10.4. The number of hydrogen-bond acceptors (Lipinski definition) is 5. The quantitative estimate of drug-likeness (QED) is 0.617. The lowest BCUT2D eigenvalue weighted by molar-refractivity contribution is -0.167. The van der Waals surface area contributed by atoms with E-state index in [0.717, 1.165) is 37.7 Å². The van der Waals surface area contributed by atoms with Gasteiger partial charge in [0.05, 0.1) is 7.11 Å². The van der Waals surface area contributed by atoms with E-state index in [4.69, 9.17) is 9.47 Å². The number of hydrogen-bond donors (Lipinski definition) is 0. The molecule has 158 valence electrons. The summed E-state index contributed by atoms with van der Waals surface area (Å²) in [6.45, 7) is 11.9. The van der Waals surface area contributed by atoms with E-state index in [1.165, 1.54) is 19.6 Å². The fraction of sp³-hybridized carbons (Fsp3) is 0.783. The van der Waals surface area contributed by atoms with Gasteiger partial charge in [0.25, 0.3) is 0 Å². The predicted octanol–water partition coefficient (Wildman–Crippen LogP) is 4.63. The summed E-state index contributed by atoms with van der Waals surface area (Å²) in [5, 5.41) is 0. The summed E-state index contributed by atoms with van der Waals surface area (Å²) in [5.41, 5.74) is 1.67.